The summed E-state index contributed by atoms with van der Waals surface area (Å²) in [4.78, 5) is 73.4. The number of carbonyl (C=O) groups is 5. The van der Waals surface area contributed by atoms with Crippen molar-refractivity contribution in [3.63, 3.8) is 0 Å². The molecule has 4 aromatic rings. The summed E-state index contributed by atoms with van der Waals surface area (Å²) in [6.45, 7) is 8.55. The van der Waals surface area contributed by atoms with Gasteiger partial charge in [-0.3, -0.25) is 24.0 Å². The quantitative estimate of drug-likeness (QED) is 0.244. The van der Waals surface area contributed by atoms with Crippen molar-refractivity contribution in [1.82, 2.24) is 55.8 Å². The van der Waals surface area contributed by atoms with Crippen LogP contribution >= 0.6 is 0 Å². The van der Waals surface area contributed by atoms with Gasteiger partial charge in [0.1, 0.15) is 30.0 Å². The van der Waals surface area contributed by atoms with E-state index in [2.05, 4.69) is 41.5 Å². The van der Waals surface area contributed by atoms with Crippen molar-refractivity contribution >= 4 is 35.1 Å². The number of benzene rings is 1. The minimum absolute atomic E-state index is 0.0445. The highest BCUT2D eigenvalue weighted by Gasteiger charge is 2.30. The highest BCUT2D eigenvalue weighted by Crippen LogP contribution is 2.20. The van der Waals surface area contributed by atoms with Crippen LogP contribution in [0.2, 0.25) is 0 Å². The van der Waals surface area contributed by atoms with E-state index in [4.69, 9.17) is 0 Å². The van der Waals surface area contributed by atoms with Crippen LogP contribution in [0.1, 0.15) is 68.5 Å². The Morgan fingerprint density at radius 1 is 0.900 bits per heavy atom. The number of nitrogens with zero attached hydrogens (tertiary/aromatic N) is 7. The molecule has 0 spiro atoms. The maximum Gasteiger partial charge on any atom is 0.258 e. The lowest BCUT2D eigenvalue weighted by atomic mass is 10.0. The number of amides is 5. The van der Waals surface area contributed by atoms with Gasteiger partial charge >= 0.3 is 0 Å². The number of rotatable bonds is 4. The second kappa shape index (κ2) is 15.7. The van der Waals surface area contributed by atoms with Gasteiger partial charge in [0.2, 0.25) is 23.6 Å². The summed E-state index contributed by atoms with van der Waals surface area (Å²) in [6.07, 6.45) is 2.20. The molecule has 5 amide bonds. The monoisotopic (exact) mass is 685 g/mol. The largest absolute Gasteiger partial charge is 0.354 e. The Morgan fingerprint density at radius 3 is 2.40 bits per heavy atom. The molecule has 0 saturated carbocycles. The van der Waals surface area contributed by atoms with Crippen LogP contribution in [0.15, 0.2) is 48.7 Å². The molecule has 3 atom stereocenters. The zero-order valence-electron chi connectivity index (χ0n) is 28.8. The lowest BCUT2D eigenvalue weighted by Crippen LogP contribution is -2.54. The first-order valence-corrected chi connectivity index (χ1v) is 16.7. The van der Waals surface area contributed by atoms with Crippen LogP contribution in [-0.4, -0.2) is 95.7 Å². The summed E-state index contributed by atoms with van der Waals surface area (Å²) in [7, 11) is 0. The Balaban J connectivity index is 1.44. The number of hydrogen-bond acceptors (Lipinski definition) is 9. The average Bonchev–Trinajstić information content (AvgIpc) is 3.65. The zero-order valence-corrected chi connectivity index (χ0v) is 28.8. The van der Waals surface area contributed by atoms with E-state index in [1.165, 1.54) is 21.1 Å². The van der Waals surface area contributed by atoms with Crippen molar-refractivity contribution in [2.45, 2.75) is 72.1 Å². The smallest absolute Gasteiger partial charge is 0.258 e. The lowest BCUT2D eigenvalue weighted by Gasteiger charge is -2.25. The Labute approximate surface area is 289 Å². The van der Waals surface area contributed by atoms with Gasteiger partial charge in [-0.25, -0.2) is 9.67 Å². The van der Waals surface area contributed by atoms with E-state index in [0.29, 0.717) is 41.3 Å². The van der Waals surface area contributed by atoms with E-state index in [1.807, 2.05) is 44.2 Å². The summed E-state index contributed by atoms with van der Waals surface area (Å²) in [5.41, 5.74) is 1.95. The molecule has 0 aliphatic carbocycles. The minimum atomic E-state index is -1.01. The molecule has 50 heavy (non-hydrogen) atoms. The molecular weight excluding hydrogens is 642 g/mol. The number of aromatic nitrogens is 6. The molecule has 5 rings (SSSR count). The fourth-order valence-electron chi connectivity index (χ4n) is 5.77. The van der Waals surface area contributed by atoms with Crippen molar-refractivity contribution in [3.05, 3.63) is 65.7 Å². The van der Waals surface area contributed by atoms with E-state index < -0.39 is 41.8 Å². The summed E-state index contributed by atoms with van der Waals surface area (Å²) in [5.74, 6) is -1.59. The Bertz CT molecular complexity index is 1870. The van der Waals surface area contributed by atoms with Gasteiger partial charge in [0.05, 0.1) is 23.8 Å². The van der Waals surface area contributed by atoms with Gasteiger partial charge in [-0.15, -0.1) is 0 Å². The summed E-state index contributed by atoms with van der Waals surface area (Å²) >= 11 is 0. The summed E-state index contributed by atoms with van der Waals surface area (Å²) in [5, 5.41) is 24.3. The third-order valence-electron chi connectivity index (χ3n) is 8.24. The number of hydrogen-bond donors (Lipinski definition) is 4. The molecule has 4 N–H and O–H groups in total. The Kier molecular flexibility index (Phi) is 11.2. The second-order valence-corrected chi connectivity index (χ2v) is 12.8. The van der Waals surface area contributed by atoms with Crippen LogP contribution in [-0.2, 0) is 25.7 Å². The van der Waals surface area contributed by atoms with Crippen molar-refractivity contribution in [1.29, 1.82) is 0 Å². The Hall–Kier alpha value is -5.67. The summed E-state index contributed by atoms with van der Waals surface area (Å²) in [6, 6.07) is 10.1. The number of nitrogens with one attached hydrogen (secondary N) is 4. The van der Waals surface area contributed by atoms with E-state index in [0.717, 1.165) is 5.56 Å². The standard InChI is InChI=1S/C34H43N11O5/c1-20(2)17-25-33(49)38-22(4)31-40-30(24-11-7-6-8-12-24)42-44(31)19-27(46)35-14-10-16-43(18-28(47)37-23(5)32(48)39-25)34(50)29-21(3)41-45-26(29)13-9-15-36-45/h6-9,11-13,15,20,22-23,25H,10,14,16-19H2,1-5H3,(H,35,46)(H,37,47)(H,38,49)(H,39,48)/t22-,23+,25+/m0/s1. The molecule has 1 aliphatic heterocycles. The van der Waals surface area contributed by atoms with Crippen LogP contribution in [0.4, 0.5) is 0 Å². The molecule has 0 fully saturated rings. The van der Waals surface area contributed by atoms with Gasteiger partial charge in [0.25, 0.3) is 5.91 Å². The van der Waals surface area contributed by atoms with Gasteiger partial charge in [0.15, 0.2) is 5.82 Å². The SMILES string of the molecule is Cc1nn2ncccc2c1C(=O)N1CCCNC(=O)Cn2nc(-c3ccccc3)nc2[C@H](C)NC(=O)[C@@H](CC(C)C)NC(=O)[C@@H](C)NC(=O)C1. The van der Waals surface area contributed by atoms with Crippen LogP contribution in [0.3, 0.4) is 0 Å². The predicted octanol–water partition coefficient (Wildman–Crippen LogP) is 1.17. The molecule has 0 saturated heterocycles. The topological polar surface area (TPSA) is 198 Å². The predicted molar refractivity (Wildman–Crippen MR) is 182 cm³/mol. The maximum absolute atomic E-state index is 13.9. The van der Waals surface area contributed by atoms with E-state index in [1.54, 1.807) is 32.2 Å². The molecule has 0 bridgehead atoms. The van der Waals surface area contributed by atoms with Gasteiger partial charge in [0, 0.05) is 24.8 Å². The first-order valence-electron chi connectivity index (χ1n) is 16.7. The molecule has 4 heterocycles. The van der Waals surface area contributed by atoms with Crippen molar-refractivity contribution in [3.8, 4) is 11.4 Å². The summed E-state index contributed by atoms with van der Waals surface area (Å²) < 4.78 is 2.81. The highest BCUT2D eigenvalue weighted by molar-refractivity contribution is 6.03. The first-order chi connectivity index (χ1) is 23.9. The van der Waals surface area contributed by atoms with Crippen LogP contribution in [0.5, 0.6) is 0 Å². The highest BCUT2D eigenvalue weighted by atomic mass is 16.2. The zero-order chi connectivity index (χ0) is 35.9. The Morgan fingerprint density at radius 2 is 1.66 bits per heavy atom. The molecule has 0 unspecified atom stereocenters. The number of carbonyl (C=O) groups excluding carboxylic acids is 5. The molecule has 0 radical (unpaired) electrons. The van der Waals surface area contributed by atoms with Crippen LogP contribution in [0.25, 0.3) is 16.9 Å². The van der Waals surface area contributed by atoms with Crippen molar-refractivity contribution in [2.24, 2.45) is 5.92 Å². The van der Waals surface area contributed by atoms with Crippen molar-refractivity contribution in [2.75, 3.05) is 19.6 Å². The number of aryl methyl sites for hydroxylation is 1. The normalized spacial score (nSPS) is 20.2. The van der Waals surface area contributed by atoms with Gasteiger partial charge in [-0.1, -0.05) is 44.2 Å². The molecule has 16 nitrogen and oxygen atoms in total. The van der Waals surface area contributed by atoms with Crippen LogP contribution < -0.4 is 21.3 Å². The van der Waals surface area contributed by atoms with Crippen LogP contribution in [0, 0.1) is 12.8 Å². The third-order valence-corrected chi connectivity index (χ3v) is 8.24. The third kappa shape index (κ3) is 8.48. The lowest BCUT2D eigenvalue weighted by molar-refractivity contribution is -0.132. The van der Waals surface area contributed by atoms with Crippen molar-refractivity contribution < 1.29 is 24.0 Å². The first kappa shape index (κ1) is 35.6. The fraction of sp³-hybridized carbons (Fsp3) is 0.441. The number of fused-ring (bicyclic) bond motifs is 2. The average molecular weight is 686 g/mol. The maximum atomic E-state index is 13.9. The van der Waals surface area contributed by atoms with Gasteiger partial charge in [-0.05, 0) is 51.7 Å². The molecule has 16 heteroatoms. The minimum Gasteiger partial charge on any atom is -0.354 e. The van der Waals surface area contributed by atoms with E-state index >= 15 is 0 Å². The molecule has 264 valence electrons. The fourth-order valence-corrected chi connectivity index (χ4v) is 5.77. The van der Waals surface area contributed by atoms with E-state index in [9.17, 15) is 24.0 Å². The second-order valence-electron chi connectivity index (χ2n) is 12.8. The van der Waals surface area contributed by atoms with E-state index in [-0.39, 0.29) is 38.0 Å². The molecule has 1 aromatic carbocycles. The molecular formula is C34H43N11O5. The molecule has 1 aliphatic rings. The van der Waals surface area contributed by atoms with Gasteiger partial charge in [-0.2, -0.15) is 19.9 Å². The van der Waals surface area contributed by atoms with Gasteiger partial charge < -0.3 is 26.2 Å². The molecule has 3 aromatic heterocycles.